The van der Waals surface area contributed by atoms with Crippen molar-refractivity contribution >= 4 is 0 Å². The number of hydrogen-bond acceptors (Lipinski definition) is 3. The fourth-order valence-electron chi connectivity index (χ4n) is 2.01. The van der Waals surface area contributed by atoms with Crippen molar-refractivity contribution < 1.29 is 4.42 Å². The maximum atomic E-state index is 5.56. The Morgan fingerprint density at radius 3 is 2.86 bits per heavy atom. The van der Waals surface area contributed by atoms with E-state index in [-0.39, 0.29) is 0 Å². The molecule has 0 amide bonds. The minimum absolute atomic E-state index is 0.496. The molecule has 3 nitrogen and oxygen atoms in total. The summed E-state index contributed by atoms with van der Waals surface area (Å²) in [6.45, 7) is 6.12. The van der Waals surface area contributed by atoms with Gasteiger partial charge in [-0.15, -0.1) is 0 Å². The first-order valence-corrected chi connectivity index (χ1v) is 5.28. The molecule has 1 aromatic rings. The van der Waals surface area contributed by atoms with E-state index in [2.05, 4.69) is 11.8 Å². The molecule has 0 spiro atoms. The van der Waals surface area contributed by atoms with Gasteiger partial charge in [-0.05, 0) is 31.0 Å². The number of hydrogen-bond donors (Lipinski definition) is 1. The maximum Gasteiger partial charge on any atom is 0.118 e. The van der Waals surface area contributed by atoms with Crippen molar-refractivity contribution in [2.45, 2.75) is 26.4 Å². The van der Waals surface area contributed by atoms with E-state index < -0.39 is 0 Å². The summed E-state index contributed by atoms with van der Waals surface area (Å²) in [5.41, 5.74) is 5.49. The van der Waals surface area contributed by atoms with Crippen molar-refractivity contribution in [3.05, 3.63) is 23.7 Å². The minimum Gasteiger partial charge on any atom is -0.463 e. The molecule has 1 unspecified atom stereocenters. The predicted molar refractivity (Wildman–Crippen MR) is 55.7 cm³/mol. The van der Waals surface area contributed by atoms with Crippen molar-refractivity contribution in [3.63, 3.8) is 0 Å². The Morgan fingerprint density at radius 2 is 2.29 bits per heavy atom. The van der Waals surface area contributed by atoms with Gasteiger partial charge in [0.25, 0.3) is 0 Å². The lowest BCUT2D eigenvalue weighted by Crippen LogP contribution is -2.19. The zero-order valence-corrected chi connectivity index (χ0v) is 8.70. The standard InChI is InChI=1S/C11H18N2O/c1-9-4-5-13(7-9)8-11-3-2-10(6-12)14-11/h2-3,9H,4-8,12H2,1H3. The van der Waals surface area contributed by atoms with E-state index in [0.717, 1.165) is 24.0 Å². The Kier molecular flexibility index (Phi) is 2.89. The largest absolute Gasteiger partial charge is 0.463 e. The molecule has 1 aliphatic rings. The summed E-state index contributed by atoms with van der Waals surface area (Å²) in [5, 5.41) is 0. The van der Waals surface area contributed by atoms with Crippen molar-refractivity contribution in [1.29, 1.82) is 0 Å². The van der Waals surface area contributed by atoms with Crippen LogP contribution in [0.5, 0.6) is 0 Å². The molecule has 0 radical (unpaired) electrons. The van der Waals surface area contributed by atoms with Crippen molar-refractivity contribution in [1.82, 2.24) is 4.90 Å². The second-order valence-electron chi connectivity index (χ2n) is 4.20. The van der Waals surface area contributed by atoms with Crippen LogP contribution in [0.2, 0.25) is 0 Å². The zero-order chi connectivity index (χ0) is 9.97. The van der Waals surface area contributed by atoms with E-state index >= 15 is 0 Å². The van der Waals surface area contributed by atoms with Crippen LogP contribution in [0.25, 0.3) is 0 Å². The molecule has 0 saturated carbocycles. The second-order valence-corrected chi connectivity index (χ2v) is 4.20. The van der Waals surface area contributed by atoms with E-state index in [4.69, 9.17) is 10.2 Å². The van der Waals surface area contributed by atoms with E-state index in [0.29, 0.717) is 6.54 Å². The molecule has 0 aliphatic carbocycles. The first kappa shape index (κ1) is 9.74. The molecule has 1 aliphatic heterocycles. The van der Waals surface area contributed by atoms with Gasteiger partial charge in [0.05, 0.1) is 13.1 Å². The maximum absolute atomic E-state index is 5.56. The second kappa shape index (κ2) is 4.15. The Morgan fingerprint density at radius 1 is 1.50 bits per heavy atom. The van der Waals surface area contributed by atoms with Crippen molar-refractivity contribution in [2.75, 3.05) is 13.1 Å². The number of furan rings is 1. The highest BCUT2D eigenvalue weighted by Gasteiger charge is 2.19. The van der Waals surface area contributed by atoms with Gasteiger partial charge in [0.1, 0.15) is 11.5 Å². The molecule has 1 atom stereocenters. The summed E-state index contributed by atoms with van der Waals surface area (Å²) in [7, 11) is 0. The molecule has 2 rings (SSSR count). The third-order valence-corrected chi connectivity index (χ3v) is 2.81. The highest BCUT2D eigenvalue weighted by molar-refractivity contribution is 5.06. The summed E-state index contributed by atoms with van der Waals surface area (Å²) in [6, 6.07) is 4.00. The predicted octanol–water partition coefficient (Wildman–Crippen LogP) is 1.58. The van der Waals surface area contributed by atoms with Crippen LogP contribution in [0.3, 0.4) is 0 Å². The molecule has 0 bridgehead atoms. The Hall–Kier alpha value is -0.800. The van der Waals surface area contributed by atoms with Gasteiger partial charge in [0.2, 0.25) is 0 Å². The highest BCUT2D eigenvalue weighted by atomic mass is 16.3. The number of nitrogens with two attached hydrogens (primary N) is 1. The van der Waals surface area contributed by atoms with Crippen LogP contribution in [-0.2, 0) is 13.1 Å². The lowest BCUT2D eigenvalue weighted by Gasteiger charge is -2.12. The normalized spacial score (nSPS) is 23.1. The van der Waals surface area contributed by atoms with Crippen molar-refractivity contribution in [3.8, 4) is 0 Å². The molecule has 3 heteroatoms. The Balaban J connectivity index is 1.90. The molecule has 14 heavy (non-hydrogen) atoms. The fourth-order valence-corrected chi connectivity index (χ4v) is 2.01. The van der Waals surface area contributed by atoms with Crippen LogP contribution in [0.15, 0.2) is 16.5 Å². The van der Waals surface area contributed by atoms with Gasteiger partial charge >= 0.3 is 0 Å². The number of rotatable bonds is 3. The van der Waals surface area contributed by atoms with Gasteiger partial charge in [-0.1, -0.05) is 6.92 Å². The van der Waals surface area contributed by atoms with Crippen LogP contribution >= 0.6 is 0 Å². The molecule has 2 N–H and O–H groups in total. The summed E-state index contributed by atoms with van der Waals surface area (Å²) >= 11 is 0. The molecular weight excluding hydrogens is 176 g/mol. The van der Waals surface area contributed by atoms with Crippen LogP contribution in [0.1, 0.15) is 24.9 Å². The summed E-state index contributed by atoms with van der Waals surface area (Å²) < 4.78 is 5.56. The quantitative estimate of drug-likeness (QED) is 0.794. The average molecular weight is 194 g/mol. The minimum atomic E-state index is 0.496. The summed E-state index contributed by atoms with van der Waals surface area (Å²) in [6.07, 6.45) is 1.31. The molecule has 78 valence electrons. The lowest BCUT2D eigenvalue weighted by atomic mass is 10.2. The molecule has 0 aromatic carbocycles. The van der Waals surface area contributed by atoms with Crippen molar-refractivity contribution in [2.24, 2.45) is 11.7 Å². The third kappa shape index (κ3) is 2.16. The number of nitrogens with zero attached hydrogens (tertiary/aromatic N) is 1. The Labute approximate surface area is 84.9 Å². The number of likely N-dealkylation sites (tertiary alicyclic amines) is 1. The van der Waals surface area contributed by atoms with E-state index in [1.165, 1.54) is 19.5 Å². The molecule has 1 saturated heterocycles. The summed E-state index contributed by atoms with van der Waals surface area (Å²) in [5.74, 6) is 2.76. The Bertz CT molecular complexity index is 295. The van der Waals surface area contributed by atoms with Crippen LogP contribution in [0, 0.1) is 5.92 Å². The molecule has 1 aromatic heterocycles. The topological polar surface area (TPSA) is 42.4 Å². The molecule has 1 fully saturated rings. The first-order chi connectivity index (χ1) is 6.78. The SMILES string of the molecule is CC1CCN(Cc2ccc(CN)o2)C1. The lowest BCUT2D eigenvalue weighted by molar-refractivity contribution is 0.285. The van der Waals surface area contributed by atoms with Gasteiger partial charge in [0.15, 0.2) is 0 Å². The third-order valence-electron chi connectivity index (χ3n) is 2.81. The van der Waals surface area contributed by atoms with Crippen LogP contribution in [-0.4, -0.2) is 18.0 Å². The summed E-state index contributed by atoms with van der Waals surface area (Å²) in [4.78, 5) is 2.43. The fraction of sp³-hybridized carbons (Fsp3) is 0.636. The van der Waals surface area contributed by atoms with E-state index in [1.54, 1.807) is 0 Å². The van der Waals surface area contributed by atoms with Gasteiger partial charge in [-0.25, -0.2) is 0 Å². The van der Waals surface area contributed by atoms with Crippen LogP contribution in [0.4, 0.5) is 0 Å². The van der Waals surface area contributed by atoms with Gasteiger partial charge < -0.3 is 10.2 Å². The average Bonchev–Trinajstić information content (AvgIpc) is 2.76. The smallest absolute Gasteiger partial charge is 0.118 e. The first-order valence-electron chi connectivity index (χ1n) is 5.28. The zero-order valence-electron chi connectivity index (χ0n) is 8.70. The van der Waals surface area contributed by atoms with E-state index in [9.17, 15) is 0 Å². The molecule has 2 heterocycles. The van der Waals surface area contributed by atoms with Gasteiger partial charge in [-0.3, -0.25) is 4.90 Å². The monoisotopic (exact) mass is 194 g/mol. The van der Waals surface area contributed by atoms with Gasteiger partial charge in [0, 0.05) is 6.54 Å². The molecular formula is C11H18N2O. The van der Waals surface area contributed by atoms with Gasteiger partial charge in [-0.2, -0.15) is 0 Å². The van der Waals surface area contributed by atoms with E-state index in [1.807, 2.05) is 12.1 Å². The van der Waals surface area contributed by atoms with Crippen LogP contribution < -0.4 is 5.73 Å². The highest BCUT2D eigenvalue weighted by Crippen LogP contribution is 2.18.